The number of fused-ring (bicyclic) bond motifs is 9. The lowest BCUT2D eigenvalue weighted by Gasteiger charge is -2.14. The van der Waals surface area contributed by atoms with Gasteiger partial charge in [0.15, 0.2) is 5.65 Å². The van der Waals surface area contributed by atoms with Gasteiger partial charge in [-0.3, -0.25) is 4.57 Å². The topological polar surface area (TPSA) is 48.5 Å². The second-order valence-electron chi connectivity index (χ2n) is 13.5. The molecule has 0 saturated carbocycles. The van der Waals surface area contributed by atoms with Gasteiger partial charge in [0.25, 0.3) is 0 Å². The van der Waals surface area contributed by atoms with Crippen LogP contribution in [0.3, 0.4) is 0 Å². The minimum absolute atomic E-state index is 0.619. The number of rotatable bonds is 4. The van der Waals surface area contributed by atoms with Crippen molar-refractivity contribution in [1.29, 1.82) is 0 Å². The lowest BCUT2D eigenvalue weighted by molar-refractivity contribution is 0.988. The third kappa shape index (κ3) is 4.26. The quantitative estimate of drug-likeness (QED) is 0.188. The smallest absolute Gasteiger partial charge is 0.237 e. The standard InChI is InChI=1S/C47H31N5/c1-3-14-30(15-4-1)45-38-22-13-27-48-46(38)50-47(49-45)52-41-24-12-10-21-37(41)44-36-20-8-7-18-33(36)39(29-43(44)52)31-25-26-35-34-19-9-11-23-40(34)51(42(35)28-31)32-16-5-2-6-17-32/h2-3,5-29H,1,4H2. The number of nitrogens with zero attached hydrogens (tertiary/aromatic N) is 5. The van der Waals surface area contributed by atoms with Crippen LogP contribution in [0.4, 0.5) is 0 Å². The fraction of sp³-hybridized carbons (Fsp3) is 0.0426. The van der Waals surface area contributed by atoms with E-state index >= 15 is 0 Å². The van der Waals surface area contributed by atoms with Crippen LogP contribution in [0, 0.1) is 0 Å². The highest BCUT2D eigenvalue weighted by Gasteiger charge is 2.22. The summed E-state index contributed by atoms with van der Waals surface area (Å²) in [5.74, 6) is 0.619. The molecule has 52 heavy (non-hydrogen) atoms. The van der Waals surface area contributed by atoms with Gasteiger partial charge in [-0.05, 0) is 88.8 Å². The number of hydrogen-bond acceptors (Lipinski definition) is 3. The summed E-state index contributed by atoms with van der Waals surface area (Å²) in [4.78, 5) is 15.2. The number of aromatic nitrogens is 5. The van der Waals surface area contributed by atoms with Crippen molar-refractivity contribution in [1.82, 2.24) is 24.1 Å². The molecule has 4 heterocycles. The van der Waals surface area contributed by atoms with Gasteiger partial charge < -0.3 is 4.57 Å². The molecule has 0 amide bonds. The van der Waals surface area contributed by atoms with Crippen LogP contribution in [0.5, 0.6) is 0 Å². The van der Waals surface area contributed by atoms with E-state index < -0.39 is 0 Å². The summed E-state index contributed by atoms with van der Waals surface area (Å²) in [5.41, 5.74) is 10.7. The van der Waals surface area contributed by atoms with Crippen LogP contribution in [-0.2, 0) is 0 Å². The summed E-state index contributed by atoms with van der Waals surface area (Å²) in [6.45, 7) is 0. The second kappa shape index (κ2) is 11.3. The van der Waals surface area contributed by atoms with Crippen molar-refractivity contribution >= 4 is 71.0 Å². The van der Waals surface area contributed by atoms with Crippen LogP contribution in [0.25, 0.3) is 93.8 Å². The van der Waals surface area contributed by atoms with Gasteiger partial charge in [0, 0.05) is 38.8 Å². The SMILES string of the molecule is C1=CC(c2nc(-n3c4ccccc4c4c5ccccc5c(-c5ccc6c7ccccc7n(-c7ccccc7)c6c5)cc43)nc3ncccc23)=CCC1. The fourth-order valence-electron chi connectivity index (χ4n) is 8.34. The van der Waals surface area contributed by atoms with Gasteiger partial charge in [-0.25, -0.2) is 9.97 Å². The van der Waals surface area contributed by atoms with E-state index in [2.05, 4.69) is 161 Å². The predicted molar refractivity (Wildman–Crippen MR) is 215 cm³/mol. The van der Waals surface area contributed by atoms with E-state index in [1.54, 1.807) is 0 Å². The zero-order chi connectivity index (χ0) is 34.2. The molecule has 0 N–H and O–H groups in total. The normalized spacial score (nSPS) is 13.3. The predicted octanol–water partition coefficient (Wildman–Crippen LogP) is 11.8. The molecular weight excluding hydrogens is 635 g/mol. The molecule has 0 fully saturated rings. The van der Waals surface area contributed by atoms with Crippen LogP contribution in [0.2, 0.25) is 0 Å². The van der Waals surface area contributed by atoms with Crippen molar-refractivity contribution in [2.24, 2.45) is 0 Å². The third-order valence-electron chi connectivity index (χ3n) is 10.6. The van der Waals surface area contributed by atoms with Crippen LogP contribution in [-0.4, -0.2) is 24.1 Å². The Labute approximate surface area is 299 Å². The number of hydrogen-bond donors (Lipinski definition) is 0. The molecular formula is C47H31N5. The maximum atomic E-state index is 5.35. The zero-order valence-electron chi connectivity index (χ0n) is 28.2. The van der Waals surface area contributed by atoms with Crippen molar-refractivity contribution in [2.75, 3.05) is 0 Å². The Kier molecular flexibility index (Phi) is 6.31. The molecule has 0 spiro atoms. The van der Waals surface area contributed by atoms with Crippen LogP contribution in [0.1, 0.15) is 18.5 Å². The van der Waals surface area contributed by atoms with Gasteiger partial charge in [-0.2, -0.15) is 4.98 Å². The lowest BCUT2D eigenvalue weighted by Crippen LogP contribution is -2.06. The Hall–Kier alpha value is -6.85. The summed E-state index contributed by atoms with van der Waals surface area (Å²) in [7, 11) is 0. The first-order valence-corrected chi connectivity index (χ1v) is 17.9. The highest BCUT2D eigenvalue weighted by Crippen LogP contribution is 2.43. The molecule has 0 aliphatic heterocycles. The van der Waals surface area contributed by atoms with E-state index in [9.17, 15) is 0 Å². The van der Waals surface area contributed by atoms with Gasteiger partial charge in [-0.15, -0.1) is 0 Å². The molecule has 6 aromatic carbocycles. The van der Waals surface area contributed by atoms with E-state index in [4.69, 9.17) is 15.0 Å². The van der Waals surface area contributed by atoms with Crippen LogP contribution in [0.15, 0.2) is 164 Å². The van der Waals surface area contributed by atoms with E-state index in [1.165, 1.54) is 43.4 Å². The molecule has 244 valence electrons. The maximum Gasteiger partial charge on any atom is 0.237 e. The van der Waals surface area contributed by atoms with E-state index in [0.29, 0.717) is 11.6 Å². The van der Waals surface area contributed by atoms with Crippen LogP contribution < -0.4 is 0 Å². The minimum atomic E-state index is 0.619. The van der Waals surface area contributed by atoms with Crippen molar-refractivity contribution in [3.63, 3.8) is 0 Å². The summed E-state index contributed by atoms with van der Waals surface area (Å²) >= 11 is 0. The monoisotopic (exact) mass is 665 g/mol. The first-order chi connectivity index (χ1) is 25.8. The largest absolute Gasteiger partial charge is 0.309 e. The van der Waals surface area contributed by atoms with Crippen molar-refractivity contribution in [3.05, 3.63) is 170 Å². The Morgan fingerprint density at radius 1 is 0.500 bits per heavy atom. The summed E-state index contributed by atoms with van der Waals surface area (Å²) in [5, 5.41) is 8.20. The highest BCUT2D eigenvalue weighted by atomic mass is 15.2. The van der Waals surface area contributed by atoms with Gasteiger partial charge >= 0.3 is 0 Å². The van der Waals surface area contributed by atoms with E-state index in [-0.39, 0.29) is 0 Å². The number of pyridine rings is 1. The number of para-hydroxylation sites is 3. The molecule has 0 radical (unpaired) electrons. The minimum Gasteiger partial charge on any atom is -0.309 e. The average Bonchev–Trinajstić information content (AvgIpc) is 3.73. The van der Waals surface area contributed by atoms with Crippen molar-refractivity contribution in [2.45, 2.75) is 12.8 Å². The molecule has 1 aliphatic rings. The van der Waals surface area contributed by atoms with E-state index in [1.807, 2.05) is 12.3 Å². The second-order valence-corrected chi connectivity index (χ2v) is 13.5. The summed E-state index contributed by atoms with van der Waals surface area (Å²) < 4.78 is 4.63. The van der Waals surface area contributed by atoms with Gasteiger partial charge in [0.2, 0.25) is 5.95 Å². The first-order valence-electron chi connectivity index (χ1n) is 17.9. The van der Waals surface area contributed by atoms with Gasteiger partial charge in [0.05, 0.1) is 27.8 Å². The first kappa shape index (κ1) is 28.9. The molecule has 4 aromatic heterocycles. The Bertz CT molecular complexity index is 3130. The molecule has 0 unspecified atom stereocenters. The highest BCUT2D eigenvalue weighted by molar-refractivity contribution is 6.24. The molecule has 1 aliphatic carbocycles. The van der Waals surface area contributed by atoms with Crippen molar-refractivity contribution < 1.29 is 0 Å². The maximum absolute atomic E-state index is 5.35. The number of benzene rings is 6. The summed E-state index contributed by atoms with van der Waals surface area (Å²) in [6, 6.07) is 50.1. The molecule has 5 nitrogen and oxygen atoms in total. The lowest BCUT2D eigenvalue weighted by atomic mass is 9.94. The van der Waals surface area contributed by atoms with Crippen LogP contribution >= 0.6 is 0 Å². The Morgan fingerprint density at radius 2 is 1.21 bits per heavy atom. The average molecular weight is 666 g/mol. The molecule has 0 saturated heterocycles. The Morgan fingerprint density at radius 3 is 2.04 bits per heavy atom. The number of allylic oxidation sites excluding steroid dienone is 4. The molecule has 0 atom stereocenters. The van der Waals surface area contributed by atoms with Crippen molar-refractivity contribution in [3.8, 4) is 22.8 Å². The fourth-order valence-corrected chi connectivity index (χ4v) is 8.34. The zero-order valence-corrected chi connectivity index (χ0v) is 28.2. The van der Waals surface area contributed by atoms with Gasteiger partial charge in [0.1, 0.15) is 0 Å². The third-order valence-corrected chi connectivity index (χ3v) is 10.6. The molecule has 11 rings (SSSR count). The molecule has 5 heteroatoms. The van der Waals surface area contributed by atoms with Gasteiger partial charge in [-0.1, -0.05) is 109 Å². The summed E-state index contributed by atoms with van der Waals surface area (Å²) in [6.07, 6.45) is 10.5. The Balaban J connectivity index is 1.24. The van der Waals surface area contributed by atoms with E-state index in [0.717, 1.165) is 57.3 Å². The molecule has 0 bridgehead atoms. The molecule has 10 aromatic rings.